The number of nitrogens with two attached hydrogens (primary N) is 1. The zero-order chi connectivity index (χ0) is 10.8. The van der Waals surface area contributed by atoms with Crippen molar-refractivity contribution in [2.75, 3.05) is 26.8 Å². The molecule has 3 N–H and O–H groups in total. The molecule has 0 spiro atoms. The van der Waals surface area contributed by atoms with Gasteiger partial charge < -0.3 is 15.6 Å². The third kappa shape index (κ3) is 2.50. The Morgan fingerprint density at radius 3 is 2.67 bits per heavy atom. The molecule has 1 heterocycles. The molecule has 1 aliphatic carbocycles. The maximum absolute atomic E-state index is 9.43. The van der Waals surface area contributed by atoms with E-state index in [-0.39, 0.29) is 18.7 Å². The molecule has 15 heavy (non-hydrogen) atoms. The summed E-state index contributed by atoms with van der Waals surface area (Å²) in [4.78, 5) is 2.29. The minimum Gasteiger partial charge on any atom is -0.395 e. The van der Waals surface area contributed by atoms with E-state index < -0.39 is 0 Å². The van der Waals surface area contributed by atoms with Gasteiger partial charge in [-0.05, 0) is 25.2 Å². The van der Waals surface area contributed by atoms with Crippen molar-refractivity contribution < 1.29 is 9.84 Å². The summed E-state index contributed by atoms with van der Waals surface area (Å²) in [5.41, 5.74) is 6.16. The van der Waals surface area contributed by atoms with Crippen LogP contribution in [-0.4, -0.2) is 55.0 Å². The summed E-state index contributed by atoms with van der Waals surface area (Å²) in [7, 11) is 1.75. The normalized spacial score (nSPS) is 31.8. The molecule has 0 aromatic rings. The molecule has 3 unspecified atom stereocenters. The van der Waals surface area contributed by atoms with Crippen LogP contribution in [0.1, 0.15) is 19.3 Å². The van der Waals surface area contributed by atoms with Gasteiger partial charge in [0.25, 0.3) is 0 Å². The first-order valence-electron chi connectivity index (χ1n) is 5.89. The molecule has 0 aromatic heterocycles. The molecule has 2 aliphatic rings. The van der Waals surface area contributed by atoms with E-state index in [0.29, 0.717) is 12.0 Å². The number of likely N-dealkylation sites (tertiary alicyclic amines) is 1. The fourth-order valence-corrected chi connectivity index (χ4v) is 2.52. The average molecular weight is 214 g/mol. The highest BCUT2D eigenvalue weighted by molar-refractivity contribution is 4.95. The molecule has 0 radical (unpaired) electrons. The third-order valence-electron chi connectivity index (χ3n) is 3.78. The van der Waals surface area contributed by atoms with Gasteiger partial charge in [-0.2, -0.15) is 0 Å². The third-order valence-corrected chi connectivity index (χ3v) is 3.78. The molecule has 0 bridgehead atoms. The van der Waals surface area contributed by atoms with Gasteiger partial charge in [-0.3, -0.25) is 4.90 Å². The lowest BCUT2D eigenvalue weighted by molar-refractivity contribution is 0.0786. The van der Waals surface area contributed by atoms with Crippen LogP contribution in [-0.2, 0) is 4.74 Å². The molecule has 4 heteroatoms. The monoisotopic (exact) mass is 214 g/mol. The quantitative estimate of drug-likeness (QED) is 0.666. The molecule has 0 amide bonds. The van der Waals surface area contributed by atoms with Crippen LogP contribution in [0.2, 0.25) is 0 Å². The van der Waals surface area contributed by atoms with Crippen molar-refractivity contribution in [1.29, 1.82) is 0 Å². The van der Waals surface area contributed by atoms with Gasteiger partial charge in [0.05, 0.1) is 12.7 Å². The Labute approximate surface area is 91.4 Å². The highest BCUT2D eigenvalue weighted by Gasteiger charge is 2.38. The van der Waals surface area contributed by atoms with E-state index >= 15 is 0 Å². The van der Waals surface area contributed by atoms with Crippen LogP contribution in [0.25, 0.3) is 0 Å². The van der Waals surface area contributed by atoms with E-state index in [1.807, 2.05) is 0 Å². The summed E-state index contributed by atoms with van der Waals surface area (Å²) in [6.07, 6.45) is 3.86. The van der Waals surface area contributed by atoms with Gasteiger partial charge in [-0.25, -0.2) is 0 Å². The van der Waals surface area contributed by atoms with Crippen LogP contribution in [0.4, 0.5) is 0 Å². The molecular formula is C11H22N2O2. The lowest BCUT2D eigenvalue weighted by Crippen LogP contribution is -2.50. The fourth-order valence-electron chi connectivity index (χ4n) is 2.52. The van der Waals surface area contributed by atoms with Gasteiger partial charge in [0.2, 0.25) is 0 Å². The van der Waals surface area contributed by atoms with E-state index in [0.717, 1.165) is 19.5 Å². The second-order valence-electron chi connectivity index (χ2n) is 4.81. The summed E-state index contributed by atoms with van der Waals surface area (Å²) in [5, 5.41) is 9.43. The first-order valence-corrected chi connectivity index (χ1v) is 5.89. The van der Waals surface area contributed by atoms with Crippen molar-refractivity contribution in [1.82, 2.24) is 4.90 Å². The summed E-state index contributed by atoms with van der Waals surface area (Å²) < 4.78 is 5.33. The first-order chi connectivity index (χ1) is 7.26. The standard InChI is InChI=1S/C11H22N2O2/c1-15-9-4-5-13(6-9)10(7-14)11(12)8-2-3-8/h8-11,14H,2-7,12H2,1H3. The Balaban J connectivity index is 1.88. The predicted molar refractivity (Wildman–Crippen MR) is 58.6 cm³/mol. The maximum atomic E-state index is 9.43. The van der Waals surface area contributed by atoms with Crippen molar-refractivity contribution >= 4 is 0 Å². The van der Waals surface area contributed by atoms with Crippen molar-refractivity contribution in [2.45, 2.75) is 37.5 Å². The molecule has 1 aliphatic heterocycles. The predicted octanol–water partition coefficient (Wildman–Crippen LogP) is -0.195. The number of aliphatic hydroxyl groups is 1. The summed E-state index contributed by atoms with van der Waals surface area (Å²) in [6, 6.07) is 0.281. The molecule has 0 aromatic carbocycles. The number of rotatable bonds is 5. The Morgan fingerprint density at radius 2 is 2.20 bits per heavy atom. The van der Waals surface area contributed by atoms with Gasteiger partial charge in [-0.15, -0.1) is 0 Å². The number of ether oxygens (including phenoxy) is 1. The summed E-state index contributed by atoms with van der Waals surface area (Å²) >= 11 is 0. The zero-order valence-corrected chi connectivity index (χ0v) is 9.43. The lowest BCUT2D eigenvalue weighted by Gasteiger charge is -2.31. The molecule has 2 fully saturated rings. The fraction of sp³-hybridized carbons (Fsp3) is 1.00. The van der Waals surface area contributed by atoms with Crippen molar-refractivity contribution in [3.05, 3.63) is 0 Å². The zero-order valence-electron chi connectivity index (χ0n) is 9.43. The molecule has 2 rings (SSSR count). The first kappa shape index (κ1) is 11.3. The molecule has 3 atom stereocenters. The van der Waals surface area contributed by atoms with Crippen LogP contribution in [0.15, 0.2) is 0 Å². The van der Waals surface area contributed by atoms with E-state index in [9.17, 15) is 5.11 Å². The van der Waals surface area contributed by atoms with Gasteiger partial charge in [0.15, 0.2) is 0 Å². The molecule has 4 nitrogen and oxygen atoms in total. The SMILES string of the molecule is COC1CCN(C(CO)C(N)C2CC2)C1. The smallest absolute Gasteiger partial charge is 0.0710 e. The highest BCUT2D eigenvalue weighted by Crippen LogP contribution is 2.34. The van der Waals surface area contributed by atoms with Crippen molar-refractivity contribution in [3.63, 3.8) is 0 Å². The van der Waals surface area contributed by atoms with Gasteiger partial charge in [0, 0.05) is 32.3 Å². The van der Waals surface area contributed by atoms with Gasteiger partial charge in [-0.1, -0.05) is 0 Å². The van der Waals surface area contributed by atoms with E-state index in [1.165, 1.54) is 12.8 Å². The van der Waals surface area contributed by atoms with Crippen LogP contribution in [0.3, 0.4) is 0 Å². The van der Waals surface area contributed by atoms with Gasteiger partial charge in [0.1, 0.15) is 0 Å². The molecule has 1 saturated heterocycles. The number of nitrogens with zero attached hydrogens (tertiary/aromatic N) is 1. The minimum atomic E-state index is 0.137. The number of methoxy groups -OCH3 is 1. The second-order valence-corrected chi connectivity index (χ2v) is 4.81. The van der Waals surface area contributed by atoms with Gasteiger partial charge >= 0.3 is 0 Å². The Kier molecular flexibility index (Phi) is 3.61. The van der Waals surface area contributed by atoms with E-state index in [2.05, 4.69) is 4.90 Å². The lowest BCUT2D eigenvalue weighted by atomic mass is 10.0. The second kappa shape index (κ2) is 4.78. The van der Waals surface area contributed by atoms with Crippen molar-refractivity contribution in [2.24, 2.45) is 11.7 Å². The maximum Gasteiger partial charge on any atom is 0.0710 e. The molecular weight excluding hydrogens is 192 g/mol. The molecule has 88 valence electrons. The Bertz CT molecular complexity index is 209. The summed E-state index contributed by atoms with van der Waals surface area (Å²) in [6.45, 7) is 2.10. The number of aliphatic hydroxyl groups excluding tert-OH is 1. The van der Waals surface area contributed by atoms with Crippen LogP contribution in [0.5, 0.6) is 0 Å². The van der Waals surface area contributed by atoms with E-state index in [4.69, 9.17) is 10.5 Å². The van der Waals surface area contributed by atoms with Crippen LogP contribution >= 0.6 is 0 Å². The average Bonchev–Trinajstić information content (AvgIpc) is 3.00. The number of hydrogen-bond acceptors (Lipinski definition) is 4. The topological polar surface area (TPSA) is 58.7 Å². The Morgan fingerprint density at radius 1 is 1.47 bits per heavy atom. The molecule has 1 saturated carbocycles. The van der Waals surface area contributed by atoms with Crippen molar-refractivity contribution in [3.8, 4) is 0 Å². The number of hydrogen-bond donors (Lipinski definition) is 2. The largest absolute Gasteiger partial charge is 0.395 e. The minimum absolute atomic E-state index is 0.137. The highest BCUT2D eigenvalue weighted by atomic mass is 16.5. The van der Waals surface area contributed by atoms with Crippen LogP contribution < -0.4 is 5.73 Å². The Hall–Kier alpha value is -0.160. The summed E-state index contributed by atoms with van der Waals surface area (Å²) in [5.74, 6) is 0.642. The van der Waals surface area contributed by atoms with Crippen LogP contribution in [0, 0.1) is 5.92 Å². The van der Waals surface area contributed by atoms with E-state index in [1.54, 1.807) is 7.11 Å².